The molecule has 2 aliphatic carbocycles. The van der Waals surface area contributed by atoms with Crippen LogP contribution in [0.4, 0.5) is 0 Å². The van der Waals surface area contributed by atoms with Crippen LogP contribution in [-0.2, 0) is 11.2 Å². The van der Waals surface area contributed by atoms with Crippen LogP contribution in [-0.4, -0.2) is 35.1 Å². The maximum Gasteiger partial charge on any atom is 0.251 e. The van der Waals surface area contributed by atoms with E-state index in [2.05, 4.69) is 29.7 Å². The Morgan fingerprint density at radius 1 is 0.897 bits per heavy atom. The van der Waals surface area contributed by atoms with Crippen molar-refractivity contribution < 1.29 is 14.7 Å². The molecule has 1 aromatic carbocycles. The first-order chi connectivity index (χ1) is 14.0. The number of amides is 2. The van der Waals surface area contributed by atoms with Crippen molar-refractivity contribution in [3.8, 4) is 0 Å². The van der Waals surface area contributed by atoms with Gasteiger partial charge in [0, 0.05) is 23.6 Å². The van der Waals surface area contributed by atoms with Gasteiger partial charge in [-0.3, -0.25) is 9.59 Å². The Labute approximate surface area is 174 Å². The average molecular weight is 401 g/mol. The Balaban J connectivity index is 1.40. The van der Waals surface area contributed by atoms with E-state index in [0.717, 1.165) is 57.8 Å². The minimum absolute atomic E-state index is 0.0132. The molecule has 0 spiro atoms. The number of carbonyl (C=O) groups excluding carboxylic acids is 2. The number of benzene rings is 1. The molecule has 0 atom stereocenters. The van der Waals surface area contributed by atoms with E-state index in [1.807, 2.05) is 12.1 Å². The van der Waals surface area contributed by atoms with Gasteiger partial charge in [-0.25, -0.2) is 0 Å². The van der Waals surface area contributed by atoms with Gasteiger partial charge in [-0.1, -0.05) is 25.5 Å². The lowest BCUT2D eigenvalue weighted by Gasteiger charge is -2.31. The summed E-state index contributed by atoms with van der Waals surface area (Å²) in [4.78, 5) is 25.1. The van der Waals surface area contributed by atoms with Crippen molar-refractivity contribution in [2.45, 2.75) is 95.7 Å². The summed E-state index contributed by atoms with van der Waals surface area (Å²) in [7, 11) is 0. The Hall–Kier alpha value is -1.88. The normalized spacial score (nSPS) is 27.2. The standard InChI is InChI=1S/C24H36N2O3/c1-2-3-4-17-5-7-18(8-6-17)23(28)25-20-11-9-19(10-12-20)24(29)26-21-13-15-22(27)16-14-21/h5-8,19-22,27H,2-4,9-16H2,1H3,(H,25,28)(H,26,29). The van der Waals surface area contributed by atoms with E-state index in [1.165, 1.54) is 18.4 Å². The number of rotatable bonds is 7. The summed E-state index contributed by atoms with van der Waals surface area (Å²) < 4.78 is 0. The number of carbonyl (C=O) groups is 2. The maximum absolute atomic E-state index is 12.5. The summed E-state index contributed by atoms with van der Waals surface area (Å²) in [6, 6.07) is 8.30. The molecule has 0 bridgehead atoms. The highest BCUT2D eigenvalue weighted by Gasteiger charge is 2.29. The molecule has 2 fully saturated rings. The molecule has 2 amide bonds. The zero-order chi connectivity index (χ0) is 20.6. The first-order valence-corrected chi connectivity index (χ1v) is 11.4. The van der Waals surface area contributed by atoms with E-state index >= 15 is 0 Å². The van der Waals surface area contributed by atoms with Gasteiger partial charge in [0.25, 0.3) is 5.91 Å². The molecular formula is C24H36N2O3. The highest BCUT2D eigenvalue weighted by molar-refractivity contribution is 5.94. The van der Waals surface area contributed by atoms with E-state index in [-0.39, 0.29) is 35.9 Å². The smallest absolute Gasteiger partial charge is 0.251 e. The van der Waals surface area contributed by atoms with Crippen LogP contribution in [0.1, 0.15) is 87.1 Å². The lowest BCUT2D eigenvalue weighted by molar-refractivity contribution is -0.127. The molecule has 0 unspecified atom stereocenters. The minimum atomic E-state index is -0.199. The molecule has 0 radical (unpaired) electrons. The third kappa shape index (κ3) is 6.56. The van der Waals surface area contributed by atoms with Crippen LogP contribution in [0, 0.1) is 5.92 Å². The van der Waals surface area contributed by atoms with Crippen LogP contribution in [0.25, 0.3) is 0 Å². The van der Waals surface area contributed by atoms with Gasteiger partial charge in [0.15, 0.2) is 0 Å². The number of unbranched alkanes of at least 4 members (excludes halogenated alkanes) is 1. The molecule has 5 nitrogen and oxygen atoms in total. The lowest BCUT2D eigenvalue weighted by Crippen LogP contribution is -2.44. The molecule has 0 aromatic heterocycles. The second-order valence-corrected chi connectivity index (χ2v) is 8.84. The highest BCUT2D eigenvalue weighted by atomic mass is 16.3. The zero-order valence-corrected chi connectivity index (χ0v) is 17.7. The van der Waals surface area contributed by atoms with Gasteiger partial charge in [-0.15, -0.1) is 0 Å². The Morgan fingerprint density at radius 3 is 2.10 bits per heavy atom. The molecular weight excluding hydrogens is 364 g/mol. The fourth-order valence-electron chi connectivity index (χ4n) is 4.51. The van der Waals surface area contributed by atoms with Crippen LogP contribution >= 0.6 is 0 Å². The number of aliphatic hydroxyl groups is 1. The summed E-state index contributed by atoms with van der Waals surface area (Å²) >= 11 is 0. The van der Waals surface area contributed by atoms with E-state index < -0.39 is 0 Å². The molecule has 3 rings (SSSR count). The van der Waals surface area contributed by atoms with Gasteiger partial charge < -0.3 is 15.7 Å². The van der Waals surface area contributed by atoms with E-state index in [9.17, 15) is 14.7 Å². The van der Waals surface area contributed by atoms with Crippen molar-refractivity contribution in [3.63, 3.8) is 0 Å². The van der Waals surface area contributed by atoms with Gasteiger partial charge in [-0.05, 0) is 81.9 Å². The molecule has 5 heteroatoms. The van der Waals surface area contributed by atoms with E-state index in [1.54, 1.807) is 0 Å². The van der Waals surface area contributed by atoms with Gasteiger partial charge in [0.2, 0.25) is 5.91 Å². The average Bonchev–Trinajstić information content (AvgIpc) is 2.74. The van der Waals surface area contributed by atoms with Crippen LogP contribution < -0.4 is 10.6 Å². The molecule has 2 saturated carbocycles. The summed E-state index contributed by atoms with van der Waals surface area (Å²) in [5.41, 5.74) is 1.99. The Morgan fingerprint density at radius 2 is 1.48 bits per heavy atom. The number of hydrogen-bond donors (Lipinski definition) is 3. The maximum atomic E-state index is 12.5. The topological polar surface area (TPSA) is 78.4 Å². The quantitative estimate of drug-likeness (QED) is 0.652. The SMILES string of the molecule is CCCCc1ccc(C(=O)NC2CCC(C(=O)NC3CCC(O)CC3)CC2)cc1. The monoisotopic (exact) mass is 400 g/mol. The molecule has 0 heterocycles. The Bertz CT molecular complexity index is 657. The van der Waals surface area contributed by atoms with Crippen LogP contribution in [0.5, 0.6) is 0 Å². The first kappa shape index (κ1) is 21.8. The molecule has 2 aliphatic rings. The van der Waals surface area contributed by atoms with Gasteiger partial charge in [-0.2, -0.15) is 0 Å². The summed E-state index contributed by atoms with van der Waals surface area (Å²) in [5, 5.41) is 15.9. The molecule has 3 N–H and O–H groups in total. The van der Waals surface area contributed by atoms with Crippen LogP contribution in [0.15, 0.2) is 24.3 Å². The Kier molecular flexibility index (Phi) is 8.10. The van der Waals surface area contributed by atoms with Crippen molar-refractivity contribution in [2.75, 3.05) is 0 Å². The number of hydrogen-bond acceptors (Lipinski definition) is 3. The predicted octanol–water partition coefficient (Wildman–Crippen LogP) is 3.74. The molecule has 160 valence electrons. The minimum Gasteiger partial charge on any atom is -0.393 e. The summed E-state index contributed by atoms with van der Waals surface area (Å²) in [6.07, 6.45) is 9.85. The largest absolute Gasteiger partial charge is 0.393 e. The predicted molar refractivity (Wildman–Crippen MR) is 115 cm³/mol. The molecule has 29 heavy (non-hydrogen) atoms. The number of nitrogens with one attached hydrogen (secondary N) is 2. The van der Waals surface area contributed by atoms with E-state index in [0.29, 0.717) is 5.56 Å². The highest BCUT2D eigenvalue weighted by Crippen LogP contribution is 2.26. The van der Waals surface area contributed by atoms with Gasteiger partial charge >= 0.3 is 0 Å². The number of aryl methyl sites for hydroxylation is 1. The summed E-state index contributed by atoms with van der Waals surface area (Å²) in [5.74, 6) is 0.187. The summed E-state index contributed by atoms with van der Waals surface area (Å²) in [6.45, 7) is 2.18. The molecule has 0 aliphatic heterocycles. The fourth-order valence-corrected chi connectivity index (χ4v) is 4.51. The second kappa shape index (κ2) is 10.8. The molecule has 0 saturated heterocycles. The number of aliphatic hydroxyl groups excluding tert-OH is 1. The van der Waals surface area contributed by atoms with Gasteiger partial charge in [0.05, 0.1) is 6.10 Å². The lowest BCUT2D eigenvalue weighted by atomic mass is 9.84. The van der Waals surface area contributed by atoms with Crippen LogP contribution in [0.2, 0.25) is 0 Å². The fraction of sp³-hybridized carbons (Fsp3) is 0.667. The van der Waals surface area contributed by atoms with E-state index in [4.69, 9.17) is 0 Å². The third-order valence-corrected chi connectivity index (χ3v) is 6.51. The van der Waals surface area contributed by atoms with Crippen molar-refractivity contribution in [2.24, 2.45) is 5.92 Å². The third-order valence-electron chi connectivity index (χ3n) is 6.51. The first-order valence-electron chi connectivity index (χ1n) is 11.4. The second-order valence-electron chi connectivity index (χ2n) is 8.84. The van der Waals surface area contributed by atoms with Crippen molar-refractivity contribution >= 4 is 11.8 Å². The van der Waals surface area contributed by atoms with Crippen molar-refractivity contribution in [1.29, 1.82) is 0 Å². The zero-order valence-electron chi connectivity index (χ0n) is 17.7. The van der Waals surface area contributed by atoms with Crippen molar-refractivity contribution in [3.05, 3.63) is 35.4 Å². The van der Waals surface area contributed by atoms with Crippen LogP contribution in [0.3, 0.4) is 0 Å². The van der Waals surface area contributed by atoms with Gasteiger partial charge in [0.1, 0.15) is 0 Å². The van der Waals surface area contributed by atoms with Crippen molar-refractivity contribution in [1.82, 2.24) is 10.6 Å². The molecule has 1 aromatic rings.